The number of aromatic hydroxyl groups is 1. The fraction of sp³-hybridized carbons (Fsp3) is 0.533. The van der Waals surface area contributed by atoms with Gasteiger partial charge in [-0.25, -0.2) is 4.79 Å². The lowest BCUT2D eigenvalue weighted by Gasteiger charge is -2.33. The van der Waals surface area contributed by atoms with E-state index in [4.69, 9.17) is 14.2 Å². The molecule has 5 nitrogen and oxygen atoms in total. The molecule has 0 fully saturated rings. The Hall–Kier alpha value is -1.91. The molecule has 1 heterocycles. The van der Waals surface area contributed by atoms with Crippen molar-refractivity contribution >= 4 is 5.97 Å². The number of hydrogen-bond acceptors (Lipinski definition) is 5. The van der Waals surface area contributed by atoms with Crippen LogP contribution >= 0.6 is 0 Å². The molecule has 0 radical (unpaired) electrons. The summed E-state index contributed by atoms with van der Waals surface area (Å²) >= 11 is 0. The van der Waals surface area contributed by atoms with Gasteiger partial charge in [-0.15, -0.1) is 0 Å². The second-order valence-corrected chi connectivity index (χ2v) is 5.37. The predicted octanol–water partition coefficient (Wildman–Crippen LogP) is 2.44. The molecular formula is C15H20O5. The van der Waals surface area contributed by atoms with Crippen LogP contribution < -0.4 is 9.47 Å². The Kier molecular flexibility index (Phi) is 4.06. The number of esters is 1. The summed E-state index contributed by atoms with van der Waals surface area (Å²) in [5.74, 6) is 0.704. The number of carbonyl (C=O) groups is 1. The topological polar surface area (TPSA) is 65.0 Å². The summed E-state index contributed by atoms with van der Waals surface area (Å²) in [6, 6.07) is 3.20. The summed E-state index contributed by atoms with van der Waals surface area (Å²) in [6.45, 7) is 5.86. The van der Waals surface area contributed by atoms with Gasteiger partial charge in [-0.2, -0.15) is 0 Å². The van der Waals surface area contributed by atoms with Crippen LogP contribution in [0.5, 0.6) is 17.2 Å². The third-order valence-corrected chi connectivity index (χ3v) is 3.18. The van der Waals surface area contributed by atoms with Gasteiger partial charge >= 0.3 is 5.97 Å². The van der Waals surface area contributed by atoms with Gasteiger partial charge in [-0.3, -0.25) is 0 Å². The van der Waals surface area contributed by atoms with Crippen LogP contribution in [0, 0.1) is 0 Å². The van der Waals surface area contributed by atoms with Crippen molar-refractivity contribution in [2.75, 3.05) is 13.2 Å². The minimum Gasteiger partial charge on any atom is -0.507 e. The summed E-state index contributed by atoms with van der Waals surface area (Å²) < 4.78 is 15.9. The van der Waals surface area contributed by atoms with E-state index in [-0.39, 0.29) is 18.0 Å². The van der Waals surface area contributed by atoms with E-state index in [1.165, 1.54) is 6.07 Å². The molecule has 1 aliphatic rings. The molecule has 0 saturated heterocycles. The Bertz CT molecular complexity index is 507. The number of ether oxygens (including phenoxy) is 3. The Morgan fingerprint density at radius 3 is 2.90 bits per heavy atom. The zero-order chi connectivity index (χ0) is 14.8. The van der Waals surface area contributed by atoms with Crippen LogP contribution in [0.4, 0.5) is 0 Å². The standard InChI is InChI=1S/C15H20O5/c1-4-18-14(17)9-19-10-7-12(16)11-5-6-15(2,3)20-13(11)8-10/h7-8,16H,4-6,9H2,1-3H3. The third-order valence-electron chi connectivity index (χ3n) is 3.18. The highest BCUT2D eigenvalue weighted by atomic mass is 16.6. The van der Waals surface area contributed by atoms with Crippen LogP contribution in [0.2, 0.25) is 0 Å². The summed E-state index contributed by atoms with van der Waals surface area (Å²) in [4.78, 5) is 11.3. The van der Waals surface area contributed by atoms with E-state index in [1.54, 1.807) is 13.0 Å². The van der Waals surface area contributed by atoms with Gasteiger partial charge in [0.2, 0.25) is 0 Å². The predicted molar refractivity (Wildman–Crippen MR) is 73.3 cm³/mol. The first-order chi connectivity index (χ1) is 9.41. The maximum absolute atomic E-state index is 11.3. The number of phenols is 1. The largest absolute Gasteiger partial charge is 0.507 e. The normalized spacial score (nSPS) is 15.9. The molecule has 5 heteroatoms. The molecule has 0 aliphatic carbocycles. The Morgan fingerprint density at radius 1 is 1.45 bits per heavy atom. The first kappa shape index (κ1) is 14.5. The molecule has 0 bridgehead atoms. The lowest BCUT2D eigenvalue weighted by Crippen LogP contribution is -2.32. The molecule has 1 aromatic rings. The summed E-state index contributed by atoms with van der Waals surface area (Å²) in [7, 11) is 0. The molecule has 20 heavy (non-hydrogen) atoms. The van der Waals surface area contributed by atoms with Crippen molar-refractivity contribution in [3.63, 3.8) is 0 Å². The van der Waals surface area contributed by atoms with Gasteiger partial charge in [0.25, 0.3) is 0 Å². The van der Waals surface area contributed by atoms with Crippen LogP contribution in [0.25, 0.3) is 0 Å². The monoisotopic (exact) mass is 280 g/mol. The number of carbonyl (C=O) groups excluding carboxylic acids is 1. The zero-order valence-electron chi connectivity index (χ0n) is 12.1. The third kappa shape index (κ3) is 3.35. The lowest BCUT2D eigenvalue weighted by molar-refractivity contribution is -0.145. The quantitative estimate of drug-likeness (QED) is 0.858. The molecule has 0 atom stereocenters. The van der Waals surface area contributed by atoms with Gasteiger partial charge in [0, 0.05) is 17.7 Å². The lowest BCUT2D eigenvalue weighted by atomic mass is 9.94. The van der Waals surface area contributed by atoms with Gasteiger partial charge in [-0.1, -0.05) is 0 Å². The number of fused-ring (bicyclic) bond motifs is 1. The highest BCUT2D eigenvalue weighted by Gasteiger charge is 2.28. The first-order valence-electron chi connectivity index (χ1n) is 6.74. The highest BCUT2D eigenvalue weighted by Crippen LogP contribution is 2.40. The fourth-order valence-corrected chi connectivity index (χ4v) is 2.15. The van der Waals surface area contributed by atoms with Gasteiger partial charge in [-0.05, 0) is 33.6 Å². The minimum atomic E-state index is -0.439. The number of benzene rings is 1. The Labute approximate surface area is 118 Å². The number of hydrogen-bond donors (Lipinski definition) is 1. The molecule has 0 unspecified atom stereocenters. The SMILES string of the molecule is CCOC(=O)COc1cc(O)c2c(c1)OC(C)(C)CC2. The van der Waals surface area contributed by atoms with Crippen molar-refractivity contribution < 1.29 is 24.1 Å². The summed E-state index contributed by atoms with van der Waals surface area (Å²) in [5.41, 5.74) is 0.520. The highest BCUT2D eigenvalue weighted by molar-refractivity contribution is 5.71. The van der Waals surface area contributed by atoms with Crippen molar-refractivity contribution in [2.45, 2.75) is 39.2 Å². The van der Waals surface area contributed by atoms with Crippen LogP contribution in [0.3, 0.4) is 0 Å². The van der Waals surface area contributed by atoms with Crippen molar-refractivity contribution in [3.8, 4) is 17.2 Å². The van der Waals surface area contributed by atoms with Gasteiger partial charge in [0.05, 0.1) is 6.61 Å². The average molecular weight is 280 g/mol. The van der Waals surface area contributed by atoms with Crippen molar-refractivity contribution in [2.24, 2.45) is 0 Å². The molecular weight excluding hydrogens is 260 g/mol. The van der Waals surface area contributed by atoms with Crippen LogP contribution in [0.15, 0.2) is 12.1 Å². The molecule has 0 saturated carbocycles. The molecule has 1 N–H and O–H groups in total. The van der Waals surface area contributed by atoms with E-state index in [0.717, 1.165) is 18.4 Å². The van der Waals surface area contributed by atoms with Gasteiger partial charge < -0.3 is 19.3 Å². The van der Waals surface area contributed by atoms with Gasteiger partial charge in [0.1, 0.15) is 22.8 Å². The molecule has 1 aromatic carbocycles. The van der Waals surface area contributed by atoms with E-state index >= 15 is 0 Å². The Morgan fingerprint density at radius 2 is 2.20 bits per heavy atom. The van der Waals surface area contributed by atoms with Crippen molar-refractivity contribution in [1.29, 1.82) is 0 Å². The Balaban J connectivity index is 2.13. The van der Waals surface area contributed by atoms with E-state index < -0.39 is 5.97 Å². The zero-order valence-corrected chi connectivity index (χ0v) is 12.1. The maximum atomic E-state index is 11.3. The average Bonchev–Trinajstić information content (AvgIpc) is 2.35. The number of rotatable bonds is 4. The molecule has 0 aromatic heterocycles. The molecule has 0 amide bonds. The minimum absolute atomic E-state index is 0.136. The van der Waals surface area contributed by atoms with Crippen molar-refractivity contribution in [1.82, 2.24) is 0 Å². The van der Waals surface area contributed by atoms with Crippen LogP contribution in [-0.4, -0.2) is 29.9 Å². The van der Waals surface area contributed by atoms with E-state index in [2.05, 4.69) is 0 Å². The summed E-state index contributed by atoms with van der Waals surface area (Å²) in [5, 5.41) is 10.00. The van der Waals surface area contributed by atoms with Crippen molar-refractivity contribution in [3.05, 3.63) is 17.7 Å². The smallest absolute Gasteiger partial charge is 0.344 e. The molecule has 1 aliphatic heterocycles. The second kappa shape index (κ2) is 5.61. The van der Waals surface area contributed by atoms with E-state index in [9.17, 15) is 9.90 Å². The molecule has 2 rings (SSSR count). The van der Waals surface area contributed by atoms with Crippen LogP contribution in [0.1, 0.15) is 32.8 Å². The maximum Gasteiger partial charge on any atom is 0.344 e. The first-order valence-corrected chi connectivity index (χ1v) is 6.74. The summed E-state index contributed by atoms with van der Waals surface area (Å²) in [6.07, 6.45) is 1.60. The number of phenolic OH excluding ortho intramolecular Hbond substituents is 1. The molecule has 0 spiro atoms. The fourth-order valence-electron chi connectivity index (χ4n) is 2.15. The molecule has 110 valence electrons. The van der Waals surface area contributed by atoms with Crippen LogP contribution in [-0.2, 0) is 16.0 Å². The van der Waals surface area contributed by atoms with E-state index in [1.807, 2.05) is 13.8 Å². The van der Waals surface area contributed by atoms with Gasteiger partial charge in [0.15, 0.2) is 6.61 Å². The second-order valence-electron chi connectivity index (χ2n) is 5.37. The van der Waals surface area contributed by atoms with E-state index in [0.29, 0.717) is 18.1 Å².